The molecule has 0 unspecified atom stereocenters. The summed E-state index contributed by atoms with van der Waals surface area (Å²) < 4.78 is 12.9. The van der Waals surface area contributed by atoms with E-state index in [0.717, 1.165) is 55.8 Å². The number of hydrogen-bond acceptors (Lipinski definition) is 8. The molecule has 1 aliphatic rings. The SMILES string of the molecule is CCCCOc1nc(N)c2ncc(Cc3cnc(N4CCC(OC)CC4)c(C)c3)n2n1. The number of anilines is 2. The first-order valence-electron chi connectivity index (χ1n) is 10.9. The van der Waals surface area contributed by atoms with E-state index in [2.05, 4.69) is 39.9 Å². The lowest BCUT2D eigenvalue weighted by Crippen LogP contribution is -2.37. The van der Waals surface area contributed by atoms with Gasteiger partial charge in [-0.05, 0) is 37.3 Å². The van der Waals surface area contributed by atoms with Crippen LogP contribution in [0.1, 0.15) is 49.4 Å². The summed E-state index contributed by atoms with van der Waals surface area (Å²) in [6, 6.07) is 2.47. The van der Waals surface area contributed by atoms with Crippen molar-refractivity contribution >= 4 is 17.3 Å². The fourth-order valence-corrected chi connectivity index (χ4v) is 3.98. The number of hydrogen-bond donors (Lipinski definition) is 1. The van der Waals surface area contributed by atoms with E-state index >= 15 is 0 Å². The van der Waals surface area contributed by atoms with Crippen LogP contribution in [0.15, 0.2) is 18.5 Å². The van der Waals surface area contributed by atoms with Crippen LogP contribution in [-0.2, 0) is 11.2 Å². The number of aryl methyl sites for hydroxylation is 1. The highest BCUT2D eigenvalue weighted by Crippen LogP contribution is 2.24. The molecule has 0 spiro atoms. The molecule has 0 amide bonds. The van der Waals surface area contributed by atoms with Crippen LogP contribution in [0.4, 0.5) is 11.6 Å². The standard InChI is InChI=1S/C22H31N7O2/c1-4-5-10-31-22-26-19(23)21-25-14-17(29(21)27-22)12-16-11-15(2)20(24-13-16)28-8-6-18(30-3)7-9-28/h11,13-14,18H,4-10,12H2,1-3H3,(H2,23,26,27). The first kappa shape index (κ1) is 21.3. The van der Waals surface area contributed by atoms with Gasteiger partial charge in [0.25, 0.3) is 0 Å². The van der Waals surface area contributed by atoms with Gasteiger partial charge in [0.05, 0.1) is 24.6 Å². The first-order valence-corrected chi connectivity index (χ1v) is 10.9. The van der Waals surface area contributed by atoms with Crippen LogP contribution in [-0.4, -0.2) is 57.5 Å². The van der Waals surface area contributed by atoms with Crippen molar-refractivity contribution < 1.29 is 9.47 Å². The van der Waals surface area contributed by atoms with Crippen molar-refractivity contribution in [1.82, 2.24) is 24.6 Å². The summed E-state index contributed by atoms with van der Waals surface area (Å²) >= 11 is 0. The van der Waals surface area contributed by atoms with Crippen molar-refractivity contribution in [1.29, 1.82) is 0 Å². The van der Waals surface area contributed by atoms with E-state index in [4.69, 9.17) is 20.2 Å². The number of pyridine rings is 1. The number of imidazole rings is 1. The number of aromatic nitrogens is 5. The molecule has 0 atom stereocenters. The summed E-state index contributed by atoms with van der Waals surface area (Å²) in [5, 5.41) is 4.49. The Labute approximate surface area is 182 Å². The number of unbranched alkanes of at least 4 members (excludes halogenated alkanes) is 1. The van der Waals surface area contributed by atoms with E-state index in [9.17, 15) is 0 Å². The fourth-order valence-electron chi connectivity index (χ4n) is 3.98. The Bertz CT molecular complexity index is 1030. The van der Waals surface area contributed by atoms with E-state index in [-0.39, 0.29) is 6.01 Å². The lowest BCUT2D eigenvalue weighted by molar-refractivity contribution is 0.0818. The Morgan fingerprint density at radius 3 is 2.71 bits per heavy atom. The molecule has 4 rings (SSSR count). The minimum atomic E-state index is 0.279. The highest BCUT2D eigenvalue weighted by atomic mass is 16.5. The van der Waals surface area contributed by atoms with Crippen LogP contribution in [0.2, 0.25) is 0 Å². The molecule has 0 saturated carbocycles. The average Bonchev–Trinajstić information content (AvgIpc) is 3.17. The summed E-state index contributed by atoms with van der Waals surface area (Å²) in [5.41, 5.74) is 9.80. The Kier molecular flexibility index (Phi) is 6.50. The molecule has 1 fully saturated rings. The van der Waals surface area contributed by atoms with Gasteiger partial charge in [-0.2, -0.15) is 4.98 Å². The molecule has 1 saturated heterocycles. The molecular formula is C22H31N7O2. The smallest absolute Gasteiger partial charge is 0.336 e. The van der Waals surface area contributed by atoms with Gasteiger partial charge in [-0.25, -0.2) is 14.5 Å². The topological polar surface area (TPSA) is 104 Å². The maximum Gasteiger partial charge on any atom is 0.336 e. The summed E-state index contributed by atoms with van der Waals surface area (Å²) in [5.74, 6) is 1.37. The van der Waals surface area contributed by atoms with Gasteiger partial charge in [0, 0.05) is 32.8 Å². The molecule has 0 aliphatic carbocycles. The van der Waals surface area contributed by atoms with Crippen molar-refractivity contribution in [3.05, 3.63) is 35.3 Å². The Morgan fingerprint density at radius 1 is 1.19 bits per heavy atom. The van der Waals surface area contributed by atoms with E-state index < -0.39 is 0 Å². The molecular weight excluding hydrogens is 394 g/mol. The number of methoxy groups -OCH3 is 1. The van der Waals surface area contributed by atoms with Crippen molar-refractivity contribution in [3.8, 4) is 6.01 Å². The molecule has 166 valence electrons. The fraction of sp³-hybridized carbons (Fsp3) is 0.545. The van der Waals surface area contributed by atoms with E-state index in [0.29, 0.717) is 30.6 Å². The second-order valence-electron chi connectivity index (χ2n) is 8.05. The Balaban J connectivity index is 1.51. The summed E-state index contributed by atoms with van der Waals surface area (Å²) in [7, 11) is 1.79. The molecule has 3 aromatic rings. The van der Waals surface area contributed by atoms with Crippen molar-refractivity contribution in [2.75, 3.05) is 37.4 Å². The van der Waals surface area contributed by atoms with Crippen LogP contribution in [0.5, 0.6) is 6.01 Å². The predicted octanol–water partition coefficient (Wildman–Crippen LogP) is 2.79. The third-order valence-corrected chi connectivity index (χ3v) is 5.74. The van der Waals surface area contributed by atoms with Crippen LogP contribution in [0.25, 0.3) is 5.65 Å². The minimum absolute atomic E-state index is 0.279. The van der Waals surface area contributed by atoms with E-state index in [1.807, 2.05) is 6.20 Å². The zero-order valence-corrected chi connectivity index (χ0v) is 18.5. The molecule has 0 aromatic carbocycles. The van der Waals surface area contributed by atoms with Crippen LogP contribution in [0, 0.1) is 6.92 Å². The van der Waals surface area contributed by atoms with Crippen LogP contribution >= 0.6 is 0 Å². The number of nitrogens with two attached hydrogens (primary N) is 1. The largest absolute Gasteiger partial charge is 0.462 e. The normalized spacial score (nSPS) is 15.0. The number of fused-ring (bicyclic) bond motifs is 1. The molecule has 31 heavy (non-hydrogen) atoms. The second kappa shape index (κ2) is 9.47. The molecule has 0 bridgehead atoms. The van der Waals surface area contributed by atoms with Crippen molar-refractivity contribution in [2.24, 2.45) is 0 Å². The molecule has 2 N–H and O–H groups in total. The zero-order valence-electron chi connectivity index (χ0n) is 18.5. The van der Waals surface area contributed by atoms with Crippen LogP contribution in [0.3, 0.4) is 0 Å². The number of rotatable bonds is 8. The van der Waals surface area contributed by atoms with Crippen molar-refractivity contribution in [3.63, 3.8) is 0 Å². The second-order valence-corrected chi connectivity index (χ2v) is 8.05. The molecule has 9 heteroatoms. The lowest BCUT2D eigenvalue weighted by atomic mass is 10.1. The number of ether oxygens (including phenoxy) is 2. The van der Waals surface area contributed by atoms with Crippen LogP contribution < -0.4 is 15.4 Å². The third kappa shape index (κ3) is 4.71. The lowest BCUT2D eigenvalue weighted by Gasteiger charge is -2.33. The van der Waals surface area contributed by atoms with Gasteiger partial charge in [-0.3, -0.25) is 0 Å². The maximum atomic E-state index is 6.07. The third-order valence-electron chi connectivity index (χ3n) is 5.74. The van der Waals surface area contributed by atoms with Gasteiger partial charge in [-0.1, -0.05) is 19.4 Å². The van der Waals surface area contributed by atoms with Gasteiger partial charge < -0.3 is 20.1 Å². The highest BCUT2D eigenvalue weighted by Gasteiger charge is 2.21. The van der Waals surface area contributed by atoms with Gasteiger partial charge in [0.15, 0.2) is 11.5 Å². The van der Waals surface area contributed by atoms with E-state index in [1.54, 1.807) is 17.8 Å². The predicted molar refractivity (Wildman–Crippen MR) is 120 cm³/mol. The maximum absolute atomic E-state index is 6.07. The molecule has 4 heterocycles. The molecule has 0 radical (unpaired) electrons. The molecule has 1 aliphatic heterocycles. The Morgan fingerprint density at radius 2 is 2.00 bits per heavy atom. The van der Waals surface area contributed by atoms with Crippen molar-refractivity contribution in [2.45, 2.75) is 52.1 Å². The summed E-state index contributed by atoms with van der Waals surface area (Å²) in [6.07, 6.45) is 8.78. The summed E-state index contributed by atoms with van der Waals surface area (Å²) in [6.45, 7) is 6.73. The Hall–Kier alpha value is -2.94. The van der Waals surface area contributed by atoms with Gasteiger partial charge >= 0.3 is 6.01 Å². The molecule has 9 nitrogen and oxygen atoms in total. The summed E-state index contributed by atoms with van der Waals surface area (Å²) in [4.78, 5) is 15.7. The quantitative estimate of drug-likeness (QED) is 0.550. The number of nitrogen functional groups attached to an aromatic ring is 1. The molecule has 3 aromatic heterocycles. The monoisotopic (exact) mass is 425 g/mol. The number of piperidine rings is 1. The van der Waals surface area contributed by atoms with E-state index in [1.165, 1.54) is 5.56 Å². The average molecular weight is 426 g/mol. The zero-order chi connectivity index (χ0) is 21.8. The highest BCUT2D eigenvalue weighted by molar-refractivity contribution is 5.60. The number of nitrogens with zero attached hydrogens (tertiary/aromatic N) is 6. The van der Waals surface area contributed by atoms with Gasteiger partial charge in [0.2, 0.25) is 0 Å². The van der Waals surface area contributed by atoms with Gasteiger partial charge in [0.1, 0.15) is 5.82 Å². The minimum Gasteiger partial charge on any atom is -0.462 e. The first-order chi connectivity index (χ1) is 15.1. The van der Waals surface area contributed by atoms with Gasteiger partial charge in [-0.15, -0.1) is 5.10 Å².